The predicted octanol–water partition coefficient (Wildman–Crippen LogP) is 1.53. The Morgan fingerprint density at radius 3 is 2.75 bits per heavy atom. The van der Waals surface area contributed by atoms with E-state index in [0.29, 0.717) is 6.54 Å². The maximum atomic E-state index is 12.4. The van der Waals surface area contributed by atoms with Gasteiger partial charge in [0.15, 0.2) is 0 Å². The first-order valence-electron chi connectivity index (χ1n) is 2.27. The number of allylic oxidation sites excluding steroid dienone is 1. The molecule has 3 heteroatoms. The fourth-order valence-corrected chi connectivity index (χ4v) is 0.646. The van der Waals surface area contributed by atoms with Crippen molar-refractivity contribution in [3.05, 3.63) is 12.2 Å². The zero-order chi connectivity index (χ0) is 6.04. The minimum atomic E-state index is -1.82. The van der Waals surface area contributed by atoms with Crippen LogP contribution >= 0.6 is 11.6 Å². The first-order valence-corrected chi connectivity index (χ1v) is 2.65. The first-order chi connectivity index (χ1) is 3.71. The lowest BCUT2D eigenvalue weighted by atomic mass is 10.3. The molecule has 1 unspecified atom stereocenters. The number of halogens is 2. The SMILES string of the molecule is FC1(Cl)C=CCN=C1. The molecule has 1 atom stereocenters. The largest absolute Gasteiger partial charge is 0.288 e. The Morgan fingerprint density at radius 1 is 1.75 bits per heavy atom. The average Bonchev–Trinajstić information content (AvgIpc) is 1.65. The zero-order valence-corrected chi connectivity index (χ0v) is 4.90. The maximum Gasteiger partial charge on any atom is 0.236 e. The van der Waals surface area contributed by atoms with Crippen LogP contribution in [0.1, 0.15) is 0 Å². The summed E-state index contributed by atoms with van der Waals surface area (Å²) in [5.41, 5.74) is 0. The molecule has 1 heterocycles. The monoisotopic (exact) mass is 133 g/mol. The fraction of sp³-hybridized carbons (Fsp3) is 0.400. The summed E-state index contributed by atoms with van der Waals surface area (Å²) in [5, 5.41) is -1.82. The standard InChI is InChI=1S/C5H5ClFN/c6-5(7)2-1-3-8-4-5/h1-2,4H,3H2. The molecule has 8 heavy (non-hydrogen) atoms. The van der Waals surface area contributed by atoms with Crippen molar-refractivity contribution in [2.24, 2.45) is 4.99 Å². The second kappa shape index (κ2) is 1.86. The van der Waals surface area contributed by atoms with Gasteiger partial charge in [0.05, 0.1) is 12.8 Å². The van der Waals surface area contributed by atoms with Gasteiger partial charge in [-0.3, -0.25) is 4.99 Å². The van der Waals surface area contributed by atoms with E-state index in [4.69, 9.17) is 11.6 Å². The van der Waals surface area contributed by atoms with Gasteiger partial charge in [-0.05, 0) is 6.08 Å². The van der Waals surface area contributed by atoms with Crippen molar-refractivity contribution >= 4 is 17.8 Å². The number of rotatable bonds is 0. The number of alkyl halides is 2. The third kappa shape index (κ3) is 1.30. The third-order valence-electron chi connectivity index (χ3n) is 0.814. The number of hydrogen-bond donors (Lipinski definition) is 0. The molecule has 1 rings (SSSR count). The molecule has 0 fully saturated rings. The Morgan fingerprint density at radius 2 is 2.50 bits per heavy atom. The van der Waals surface area contributed by atoms with E-state index in [-0.39, 0.29) is 0 Å². The lowest BCUT2D eigenvalue weighted by Gasteiger charge is -2.07. The molecule has 0 saturated carbocycles. The second-order valence-corrected chi connectivity index (χ2v) is 2.15. The molecule has 0 amide bonds. The highest BCUT2D eigenvalue weighted by Crippen LogP contribution is 2.17. The van der Waals surface area contributed by atoms with Crippen molar-refractivity contribution in [1.82, 2.24) is 0 Å². The van der Waals surface area contributed by atoms with Crippen LogP contribution in [0.3, 0.4) is 0 Å². The van der Waals surface area contributed by atoms with E-state index in [0.717, 1.165) is 6.21 Å². The Hall–Kier alpha value is -0.370. The van der Waals surface area contributed by atoms with Crippen LogP contribution in [-0.4, -0.2) is 17.9 Å². The summed E-state index contributed by atoms with van der Waals surface area (Å²) in [4.78, 5) is 3.61. The van der Waals surface area contributed by atoms with Gasteiger partial charge in [-0.15, -0.1) is 0 Å². The molecule has 0 aliphatic carbocycles. The van der Waals surface area contributed by atoms with Gasteiger partial charge < -0.3 is 0 Å². The van der Waals surface area contributed by atoms with Crippen molar-refractivity contribution < 1.29 is 4.39 Å². The van der Waals surface area contributed by atoms with Crippen molar-refractivity contribution in [2.45, 2.75) is 5.13 Å². The smallest absolute Gasteiger partial charge is 0.236 e. The zero-order valence-electron chi connectivity index (χ0n) is 4.14. The molecular formula is C5H5ClFN. The number of aliphatic imine (C=N–C) groups is 1. The first kappa shape index (κ1) is 5.76. The van der Waals surface area contributed by atoms with E-state index in [1.807, 2.05) is 0 Å². The highest BCUT2D eigenvalue weighted by molar-refractivity contribution is 6.32. The van der Waals surface area contributed by atoms with Crippen LogP contribution < -0.4 is 0 Å². The predicted molar refractivity (Wildman–Crippen MR) is 32.2 cm³/mol. The second-order valence-electron chi connectivity index (χ2n) is 1.57. The van der Waals surface area contributed by atoms with Crippen molar-refractivity contribution in [1.29, 1.82) is 0 Å². The Kier molecular flexibility index (Phi) is 1.34. The molecule has 0 aromatic carbocycles. The highest BCUT2D eigenvalue weighted by atomic mass is 35.5. The van der Waals surface area contributed by atoms with E-state index in [1.54, 1.807) is 6.08 Å². The highest BCUT2D eigenvalue weighted by Gasteiger charge is 2.19. The van der Waals surface area contributed by atoms with Crippen LogP contribution in [0.4, 0.5) is 4.39 Å². The molecule has 1 aliphatic heterocycles. The van der Waals surface area contributed by atoms with E-state index >= 15 is 0 Å². The van der Waals surface area contributed by atoms with E-state index in [1.165, 1.54) is 6.08 Å². The summed E-state index contributed by atoms with van der Waals surface area (Å²) in [6.07, 6.45) is 3.96. The summed E-state index contributed by atoms with van der Waals surface area (Å²) in [7, 11) is 0. The van der Waals surface area contributed by atoms with Crippen molar-refractivity contribution in [3.63, 3.8) is 0 Å². The third-order valence-corrected chi connectivity index (χ3v) is 1.04. The topological polar surface area (TPSA) is 12.4 Å². The van der Waals surface area contributed by atoms with Crippen molar-refractivity contribution in [3.8, 4) is 0 Å². The summed E-state index contributed by atoms with van der Waals surface area (Å²) in [5.74, 6) is 0. The fourth-order valence-electron chi connectivity index (χ4n) is 0.488. The Bertz CT molecular complexity index is 125. The Labute approximate surface area is 51.9 Å². The van der Waals surface area contributed by atoms with Gasteiger partial charge in [0.2, 0.25) is 5.13 Å². The average molecular weight is 134 g/mol. The molecule has 0 spiro atoms. The summed E-state index contributed by atoms with van der Waals surface area (Å²) < 4.78 is 12.4. The van der Waals surface area contributed by atoms with Crippen molar-refractivity contribution in [2.75, 3.05) is 6.54 Å². The molecular weight excluding hydrogens is 129 g/mol. The quantitative estimate of drug-likeness (QED) is 0.351. The number of hydrogen-bond acceptors (Lipinski definition) is 1. The number of nitrogens with zero attached hydrogens (tertiary/aromatic N) is 1. The normalized spacial score (nSPS) is 35.8. The lowest BCUT2D eigenvalue weighted by Crippen LogP contribution is -2.14. The van der Waals surface area contributed by atoms with E-state index in [2.05, 4.69) is 4.99 Å². The number of dihydropyridines is 1. The molecule has 44 valence electrons. The van der Waals surface area contributed by atoms with Crippen LogP contribution in [0.25, 0.3) is 0 Å². The van der Waals surface area contributed by atoms with Gasteiger partial charge in [0.25, 0.3) is 0 Å². The van der Waals surface area contributed by atoms with Crippen LogP contribution in [0.5, 0.6) is 0 Å². The molecule has 1 nitrogen and oxygen atoms in total. The van der Waals surface area contributed by atoms with Crippen LogP contribution in [0, 0.1) is 0 Å². The molecule has 1 aliphatic rings. The summed E-state index contributed by atoms with van der Waals surface area (Å²) >= 11 is 5.17. The molecule has 0 aromatic rings. The van der Waals surface area contributed by atoms with Gasteiger partial charge in [-0.1, -0.05) is 17.7 Å². The van der Waals surface area contributed by atoms with E-state index < -0.39 is 5.13 Å². The van der Waals surface area contributed by atoms with Gasteiger partial charge in [0.1, 0.15) is 0 Å². The molecule has 0 radical (unpaired) electrons. The van der Waals surface area contributed by atoms with E-state index in [9.17, 15) is 4.39 Å². The van der Waals surface area contributed by atoms with Crippen LogP contribution in [-0.2, 0) is 0 Å². The van der Waals surface area contributed by atoms with Crippen LogP contribution in [0.2, 0.25) is 0 Å². The summed E-state index contributed by atoms with van der Waals surface area (Å²) in [6, 6.07) is 0. The van der Waals surface area contributed by atoms with Gasteiger partial charge >= 0.3 is 0 Å². The Balaban J connectivity index is 2.69. The van der Waals surface area contributed by atoms with Crippen LogP contribution in [0.15, 0.2) is 17.1 Å². The van der Waals surface area contributed by atoms with Gasteiger partial charge in [-0.25, -0.2) is 4.39 Å². The minimum Gasteiger partial charge on any atom is -0.288 e. The molecule has 0 aromatic heterocycles. The molecule has 0 saturated heterocycles. The molecule has 0 bridgehead atoms. The van der Waals surface area contributed by atoms with Gasteiger partial charge in [-0.2, -0.15) is 0 Å². The molecule has 0 N–H and O–H groups in total. The lowest BCUT2D eigenvalue weighted by molar-refractivity contribution is 0.445. The van der Waals surface area contributed by atoms with Gasteiger partial charge in [0, 0.05) is 0 Å². The maximum absolute atomic E-state index is 12.4. The summed E-state index contributed by atoms with van der Waals surface area (Å²) in [6.45, 7) is 0.540. The minimum absolute atomic E-state index is 0.540.